The predicted octanol–water partition coefficient (Wildman–Crippen LogP) is 3.28. The van der Waals surface area contributed by atoms with Gasteiger partial charge in [0.1, 0.15) is 11.6 Å². The third-order valence-electron chi connectivity index (χ3n) is 2.31. The maximum Gasteiger partial charge on any atom is 0.238 e. The number of rotatable bonds is 5. The van der Waals surface area contributed by atoms with Gasteiger partial charge in [0.2, 0.25) is 5.88 Å². The molecule has 0 aliphatic heterocycles. The molecule has 0 saturated carbocycles. The quantitative estimate of drug-likeness (QED) is 0.916. The van der Waals surface area contributed by atoms with Crippen LogP contribution in [-0.2, 0) is 6.54 Å². The van der Waals surface area contributed by atoms with E-state index in [1.807, 2.05) is 13.0 Å². The molecule has 1 aromatic carbocycles. The van der Waals surface area contributed by atoms with Gasteiger partial charge in [0.05, 0.1) is 5.69 Å². The summed E-state index contributed by atoms with van der Waals surface area (Å²) in [6, 6.07) is 7.84. The Morgan fingerprint density at radius 3 is 2.74 bits per heavy atom. The van der Waals surface area contributed by atoms with Crippen molar-refractivity contribution in [1.82, 2.24) is 15.5 Å². The van der Waals surface area contributed by atoms with Crippen LogP contribution < -0.4 is 10.1 Å². The normalized spacial score (nSPS) is 10.5. The largest absolute Gasteiger partial charge is 0.437 e. The summed E-state index contributed by atoms with van der Waals surface area (Å²) in [5.74, 6) is 0.333. The number of ether oxygens (including phenoxy) is 1. The second-order valence-electron chi connectivity index (χ2n) is 3.85. The minimum absolute atomic E-state index is 0.331. The second-order valence-corrected chi connectivity index (χ2v) is 4.77. The summed E-state index contributed by atoms with van der Waals surface area (Å²) in [5.41, 5.74) is 0.828. The highest BCUT2D eigenvalue weighted by atomic mass is 79.9. The lowest BCUT2D eigenvalue weighted by atomic mass is 10.3. The van der Waals surface area contributed by atoms with Crippen molar-refractivity contribution < 1.29 is 9.13 Å². The average Bonchev–Trinajstić information content (AvgIpc) is 2.37. The van der Waals surface area contributed by atoms with Crippen molar-refractivity contribution in [2.24, 2.45) is 0 Å². The molecular weight excluding hydrogens is 313 g/mol. The summed E-state index contributed by atoms with van der Waals surface area (Å²) in [4.78, 5) is 0. The van der Waals surface area contributed by atoms with Gasteiger partial charge in [-0.3, -0.25) is 0 Å². The summed E-state index contributed by atoms with van der Waals surface area (Å²) in [5, 5.41) is 11.1. The van der Waals surface area contributed by atoms with E-state index in [9.17, 15) is 4.39 Å². The molecule has 0 bridgehead atoms. The highest BCUT2D eigenvalue weighted by molar-refractivity contribution is 9.10. The van der Waals surface area contributed by atoms with Crippen LogP contribution in [0.2, 0.25) is 0 Å². The van der Waals surface area contributed by atoms with Crippen LogP contribution in [0, 0.1) is 5.82 Å². The fourth-order valence-electron chi connectivity index (χ4n) is 1.46. The summed E-state index contributed by atoms with van der Waals surface area (Å²) in [6.07, 6.45) is 0. The average molecular weight is 326 g/mol. The van der Waals surface area contributed by atoms with Crippen LogP contribution in [0.1, 0.15) is 12.6 Å². The molecule has 0 unspecified atom stereocenters. The first-order chi connectivity index (χ1) is 9.17. The molecule has 100 valence electrons. The van der Waals surface area contributed by atoms with Gasteiger partial charge in [-0.15, -0.1) is 5.10 Å². The smallest absolute Gasteiger partial charge is 0.238 e. The van der Waals surface area contributed by atoms with Crippen molar-refractivity contribution in [3.8, 4) is 11.6 Å². The first kappa shape index (κ1) is 13.9. The van der Waals surface area contributed by atoms with E-state index >= 15 is 0 Å². The number of nitrogens with one attached hydrogen (secondary N) is 1. The first-order valence-corrected chi connectivity index (χ1v) is 6.64. The molecule has 0 fully saturated rings. The molecular formula is C13H13BrFN3O. The van der Waals surface area contributed by atoms with Gasteiger partial charge in [-0.1, -0.05) is 22.9 Å². The van der Waals surface area contributed by atoms with Crippen LogP contribution in [0.4, 0.5) is 4.39 Å². The zero-order valence-corrected chi connectivity index (χ0v) is 11.9. The first-order valence-electron chi connectivity index (χ1n) is 5.84. The van der Waals surface area contributed by atoms with Gasteiger partial charge in [-0.25, -0.2) is 4.39 Å². The summed E-state index contributed by atoms with van der Waals surface area (Å²) >= 11 is 3.20. The van der Waals surface area contributed by atoms with E-state index in [1.165, 1.54) is 12.1 Å². The fraction of sp³-hybridized carbons (Fsp3) is 0.231. The van der Waals surface area contributed by atoms with Gasteiger partial charge in [-0.2, -0.15) is 5.10 Å². The van der Waals surface area contributed by atoms with Gasteiger partial charge >= 0.3 is 0 Å². The zero-order valence-electron chi connectivity index (χ0n) is 10.4. The Morgan fingerprint density at radius 2 is 2.11 bits per heavy atom. The molecule has 0 saturated heterocycles. The Bertz CT molecular complexity index is 528. The molecule has 0 atom stereocenters. The van der Waals surface area contributed by atoms with E-state index in [-0.39, 0.29) is 5.82 Å². The molecule has 1 aromatic heterocycles. The van der Waals surface area contributed by atoms with Gasteiger partial charge in [-0.05, 0) is 24.7 Å². The van der Waals surface area contributed by atoms with Gasteiger partial charge < -0.3 is 10.1 Å². The number of benzene rings is 1. The highest BCUT2D eigenvalue weighted by Gasteiger charge is 2.03. The number of hydrogen-bond donors (Lipinski definition) is 1. The van der Waals surface area contributed by atoms with Crippen molar-refractivity contribution in [1.29, 1.82) is 0 Å². The lowest BCUT2D eigenvalue weighted by molar-refractivity contribution is 0.448. The van der Waals surface area contributed by atoms with Crippen LogP contribution in [0.15, 0.2) is 34.8 Å². The Labute approximate surface area is 119 Å². The zero-order chi connectivity index (χ0) is 13.7. The Morgan fingerprint density at radius 1 is 1.26 bits per heavy atom. The number of halogens is 2. The molecule has 0 aliphatic carbocycles. The lowest BCUT2D eigenvalue weighted by Gasteiger charge is -2.06. The maximum absolute atomic E-state index is 13.2. The molecule has 6 heteroatoms. The molecule has 0 amide bonds. The lowest BCUT2D eigenvalue weighted by Crippen LogP contribution is -2.13. The molecule has 1 heterocycles. The predicted molar refractivity (Wildman–Crippen MR) is 73.6 cm³/mol. The SMILES string of the molecule is CCNCc1ccc(Oc2cc(F)cc(Br)c2)nn1. The van der Waals surface area contributed by atoms with Crippen molar-refractivity contribution in [3.05, 3.63) is 46.3 Å². The molecule has 2 rings (SSSR count). The van der Waals surface area contributed by atoms with Crippen LogP contribution in [0.3, 0.4) is 0 Å². The van der Waals surface area contributed by atoms with Gasteiger partial charge in [0.25, 0.3) is 0 Å². The van der Waals surface area contributed by atoms with E-state index in [0.29, 0.717) is 22.6 Å². The van der Waals surface area contributed by atoms with Gasteiger partial charge in [0.15, 0.2) is 0 Å². The molecule has 19 heavy (non-hydrogen) atoms. The standard InChI is InChI=1S/C13H13BrFN3O/c1-2-16-8-11-3-4-13(18-17-11)19-12-6-9(14)5-10(15)7-12/h3-7,16H,2,8H2,1H3. The van der Waals surface area contributed by atoms with Gasteiger partial charge in [0, 0.05) is 23.2 Å². The molecule has 0 aliphatic rings. The van der Waals surface area contributed by atoms with Crippen LogP contribution in [0.5, 0.6) is 11.6 Å². The van der Waals surface area contributed by atoms with Crippen molar-refractivity contribution in [2.75, 3.05) is 6.54 Å². The fourth-order valence-corrected chi connectivity index (χ4v) is 1.90. The second kappa shape index (κ2) is 6.58. The third-order valence-corrected chi connectivity index (χ3v) is 2.77. The molecule has 4 nitrogen and oxygen atoms in total. The van der Waals surface area contributed by atoms with Crippen LogP contribution in [0.25, 0.3) is 0 Å². The summed E-state index contributed by atoms with van der Waals surface area (Å²) < 4.78 is 19.2. The minimum atomic E-state index is -0.374. The van der Waals surface area contributed by atoms with E-state index in [1.54, 1.807) is 12.1 Å². The number of hydrogen-bond acceptors (Lipinski definition) is 4. The van der Waals surface area contributed by atoms with E-state index in [4.69, 9.17) is 4.74 Å². The van der Waals surface area contributed by atoms with Crippen molar-refractivity contribution >= 4 is 15.9 Å². The molecule has 2 aromatic rings. The highest BCUT2D eigenvalue weighted by Crippen LogP contribution is 2.24. The summed E-state index contributed by atoms with van der Waals surface area (Å²) in [6.45, 7) is 3.55. The van der Waals surface area contributed by atoms with Crippen LogP contribution in [-0.4, -0.2) is 16.7 Å². The van der Waals surface area contributed by atoms with Crippen LogP contribution >= 0.6 is 15.9 Å². The minimum Gasteiger partial charge on any atom is -0.437 e. The van der Waals surface area contributed by atoms with E-state index in [2.05, 4.69) is 31.4 Å². The van der Waals surface area contributed by atoms with Crippen molar-refractivity contribution in [3.63, 3.8) is 0 Å². The number of nitrogens with zero attached hydrogens (tertiary/aromatic N) is 2. The number of aromatic nitrogens is 2. The Hall–Kier alpha value is -1.53. The topological polar surface area (TPSA) is 47.0 Å². The molecule has 0 radical (unpaired) electrons. The Balaban J connectivity index is 2.06. The monoisotopic (exact) mass is 325 g/mol. The third kappa shape index (κ3) is 4.25. The molecule has 1 N–H and O–H groups in total. The summed E-state index contributed by atoms with van der Waals surface area (Å²) in [7, 11) is 0. The maximum atomic E-state index is 13.2. The van der Waals surface area contributed by atoms with E-state index < -0.39 is 0 Å². The Kier molecular flexibility index (Phi) is 4.81. The van der Waals surface area contributed by atoms with E-state index in [0.717, 1.165) is 12.2 Å². The van der Waals surface area contributed by atoms with Crippen molar-refractivity contribution in [2.45, 2.75) is 13.5 Å². The molecule has 0 spiro atoms.